The van der Waals surface area contributed by atoms with Gasteiger partial charge in [-0.25, -0.2) is 4.98 Å². The number of anilines is 1. The fourth-order valence-electron chi connectivity index (χ4n) is 1.85. The van der Waals surface area contributed by atoms with Gasteiger partial charge in [0.25, 0.3) is 0 Å². The van der Waals surface area contributed by atoms with Crippen LogP contribution >= 0.6 is 11.6 Å². The first kappa shape index (κ1) is 11.4. The molecule has 0 unspecified atom stereocenters. The molecule has 0 aromatic carbocycles. The Morgan fingerprint density at radius 1 is 1.62 bits per heavy atom. The van der Waals surface area contributed by atoms with Crippen molar-refractivity contribution in [2.75, 3.05) is 18.4 Å². The molecule has 1 aliphatic rings. The van der Waals surface area contributed by atoms with Gasteiger partial charge < -0.3 is 10.6 Å². The zero-order valence-electron chi connectivity index (χ0n) is 9.03. The first-order valence-electron chi connectivity index (χ1n) is 5.30. The van der Waals surface area contributed by atoms with Gasteiger partial charge in [-0.15, -0.1) is 0 Å². The van der Waals surface area contributed by atoms with Crippen molar-refractivity contribution in [2.24, 2.45) is 11.8 Å². The molecule has 5 heteroatoms. The van der Waals surface area contributed by atoms with Gasteiger partial charge in [-0.1, -0.05) is 18.5 Å². The Morgan fingerprint density at radius 3 is 3.06 bits per heavy atom. The normalized spacial score (nSPS) is 24.4. The van der Waals surface area contributed by atoms with E-state index in [1.165, 1.54) is 0 Å². The molecule has 16 heavy (non-hydrogen) atoms. The minimum Gasteiger partial charge on any atom is -0.316 e. The molecule has 0 bridgehead atoms. The second kappa shape index (κ2) is 4.80. The van der Waals surface area contributed by atoms with Crippen LogP contribution in [0.15, 0.2) is 18.3 Å². The molecule has 2 rings (SSSR count). The van der Waals surface area contributed by atoms with Crippen LogP contribution in [0.3, 0.4) is 0 Å². The first-order chi connectivity index (χ1) is 7.66. The smallest absolute Gasteiger partial charge is 0.230 e. The molecule has 1 aromatic rings. The minimum atomic E-state index is 0.00673. The maximum absolute atomic E-state index is 11.9. The number of nitrogens with zero attached hydrogens (tertiary/aromatic N) is 1. The summed E-state index contributed by atoms with van der Waals surface area (Å²) in [6.07, 6.45) is 1.58. The second-order valence-corrected chi connectivity index (χ2v) is 4.53. The highest BCUT2D eigenvalue weighted by molar-refractivity contribution is 6.30. The molecule has 86 valence electrons. The summed E-state index contributed by atoms with van der Waals surface area (Å²) in [4.78, 5) is 15.9. The van der Waals surface area contributed by atoms with Crippen molar-refractivity contribution in [3.05, 3.63) is 23.4 Å². The number of carbonyl (C=O) groups is 1. The standard InChI is InChI=1S/C11H14ClN3O/c1-7-5-13-6-9(7)11(16)15-10-4-8(12)2-3-14-10/h2-4,7,9,13H,5-6H2,1H3,(H,14,15,16)/t7-,9-/m1/s1. The number of nitrogens with one attached hydrogen (secondary N) is 2. The summed E-state index contributed by atoms with van der Waals surface area (Å²) in [5, 5.41) is 6.55. The average molecular weight is 240 g/mol. The third-order valence-electron chi connectivity index (χ3n) is 2.83. The van der Waals surface area contributed by atoms with E-state index in [-0.39, 0.29) is 11.8 Å². The largest absolute Gasteiger partial charge is 0.316 e. The van der Waals surface area contributed by atoms with Gasteiger partial charge in [-0.2, -0.15) is 0 Å². The van der Waals surface area contributed by atoms with Crippen LogP contribution in [0.5, 0.6) is 0 Å². The lowest BCUT2D eigenvalue weighted by molar-refractivity contribution is -0.120. The van der Waals surface area contributed by atoms with E-state index in [1.54, 1.807) is 18.3 Å². The fourth-order valence-corrected chi connectivity index (χ4v) is 2.01. The van der Waals surface area contributed by atoms with E-state index in [1.807, 2.05) is 0 Å². The summed E-state index contributed by atoms with van der Waals surface area (Å²) >= 11 is 5.81. The highest BCUT2D eigenvalue weighted by atomic mass is 35.5. The number of amides is 1. The molecule has 1 aliphatic heterocycles. The van der Waals surface area contributed by atoms with E-state index >= 15 is 0 Å². The summed E-state index contributed by atoms with van der Waals surface area (Å²) < 4.78 is 0. The number of carbonyl (C=O) groups excluding carboxylic acids is 1. The molecule has 0 spiro atoms. The van der Waals surface area contributed by atoms with Crippen LogP contribution in [0.2, 0.25) is 5.02 Å². The van der Waals surface area contributed by atoms with Crippen molar-refractivity contribution in [3.63, 3.8) is 0 Å². The van der Waals surface area contributed by atoms with Crippen LogP contribution < -0.4 is 10.6 Å². The Labute approximate surface area is 99.4 Å². The molecular weight excluding hydrogens is 226 g/mol. The molecule has 0 radical (unpaired) electrons. The highest BCUT2D eigenvalue weighted by Crippen LogP contribution is 2.18. The third-order valence-corrected chi connectivity index (χ3v) is 3.06. The van der Waals surface area contributed by atoms with Gasteiger partial charge in [-0.3, -0.25) is 4.79 Å². The summed E-state index contributed by atoms with van der Waals surface area (Å²) in [6, 6.07) is 3.32. The van der Waals surface area contributed by atoms with Crippen LogP contribution in [-0.4, -0.2) is 24.0 Å². The Hall–Kier alpha value is -1.13. The predicted molar refractivity (Wildman–Crippen MR) is 63.4 cm³/mol. The van der Waals surface area contributed by atoms with E-state index in [0.717, 1.165) is 13.1 Å². The molecule has 2 heterocycles. The number of rotatable bonds is 2. The van der Waals surface area contributed by atoms with Gasteiger partial charge in [0, 0.05) is 17.8 Å². The van der Waals surface area contributed by atoms with E-state index in [2.05, 4.69) is 22.5 Å². The third kappa shape index (κ3) is 2.51. The van der Waals surface area contributed by atoms with Crippen LogP contribution in [0.1, 0.15) is 6.92 Å². The van der Waals surface area contributed by atoms with Crippen LogP contribution in [0, 0.1) is 11.8 Å². The maximum atomic E-state index is 11.9. The topological polar surface area (TPSA) is 54.0 Å². The van der Waals surface area contributed by atoms with Gasteiger partial charge >= 0.3 is 0 Å². The molecule has 2 N–H and O–H groups in total. The SMILES string of the molecule is C[C@@H]1CNC[C@H]1C(=O)Nc1cc(Cl)ccn1. The number of pyridine rings is 1. The lowest BCUT2D eigenvalue weighted by Gasteiger charge is -2.13. The van der Waals surface area contributed by atoms with Crippen molar-refractivity contribution in [3.8, 4) is 0 Å². The quantitative estimate of drug-likeness (QED) is 0.823. The Bertz CT molecular complexity index is 397. The molecule has 0 aliphatic carbocycles. The molecule has 1 saturated heterocycles. The molecule has 4 nitrogen and oxygen atoms in total. The fraction of sp³-hybridized carbons (Fsp3) is 0.455. The zero-order valence-corrected chi connectivity index (χ0v) is 9.79. The Kier molecular flexibility index (Phi) is 3.41. The van der Waals surface area contributed by atoms with Crippen LogP contribution in [0.4, 0.5) is 5.82 Å². The minimum absolute atomic E-state index is 0.00673. The summed E-state index contributed by atoms with van der Waals surface area (Å²) in [6.45, 7) is 3.68. The molecule has 1 fully saturated rings. The Morgan fingerprint density at radius 2 is 2.44 bits per heavy atom. The number of halogens is 1. The van der Waals surface area contributed by atoms with Gasteiger partial charge in [0.2, 0.25) is 5.91 Å². The van der Waals surface area contributed by atoms with Gasteiger partial charge in [0.15, 0.2) is 0 Å². The molecule has 0 saturated carbocycles. The van der Waals surface area contributed by atoms with Crippen LogP contribution in [-0.2, 0) is 4.79 Å². The molecule has 1 aromatic heterocycles. The summed E-state index contributed by atoms with van der Waals surface area (Å²) in [7, 11) is 0. The van der Waals surface area contributed by atoms with Crippen molar-refractivity contribution < 1.29 is 4.79 Å². The first-order valence-corrected chi connectivity index (χ1v) is 5.68. The monoisotopic (exact) mass is 239 g/mol. The summed E-state index contributed by atoms with van der Waals surface area (Å²) in [5.74, 6) is 0.892. The van der Waals surface area contributed by atoms with E-state index in [4.69, 9.17) is 11.6 Å². The maximum Gasteiger partial charge on any atom is 0.230 e. The van der Waals surface area contributed by atoms with E-state index in [0.29, 0.717) is 16.8 Å². The van der Waals surface area contributed by atoms with Gasteiger partial charge in [-0.05, 0) is 24.6 Å². The van der Waals surface area contributed by atoms with E-state index < -0.39 is 0 Å². The molecule has 1 amide bonds. The number of hydrogen-bond acceptors (Lipinski definition) is 3. The number of hydrogen-bond donors (Lipinski definition) is 2. The molecular formula is C11H14ClN3O. The van der Waals surface area contributed by atoms with Crippen molar-refractivity contribution >= 4 is 23.3 Å². The zero-order chi connectivity index (χ0) is 11.5. The number of aromatic nitrogens is 1. The second-order valence-electron chi connectivity index (χ2n) is 4.09. The predicted octanol–water partition coefficient (Wildman–Crippen LogP) is 1.53. The van der Waals surface area contributed by atoms with Crippen molar-refractivity contribution in [1.29, 1.82) is 0 Å². The van der Waals surface area contributed by atoms with Gasteiger partial charge in [0.05, 0.1) is 5.92 Å². The average Bonchev–Trinajstić information content (AvgIpc) is 2.64. The van der Waals surface area contributed by atoms with E-state index in [9.17, 15) is 4.79 Å². The Balaban J connectivity index is 2.02. The lowest BCUT2D eigenvalue weighted by atomic mass is 9.97. The van der Waals surface area contributed by atoms with Gasteiger partial charge in [0.1, 0.15) is 5.82 Å². The van der Waals surface area contributed by atoms with Crippen LogP contribution in [0.25, 0.3) is 0 Å². The lowest BCUT2D eigenvalue weighted by Crippen LogP contribution is -2.28. The summed E-state index contributed by atoms with van der Waals surface area (Å²) in [5.41, 5.74) is 0. The van der Waals surface area contributed by atoms with Crippen molar-refractivity contribution in [2.45, 2.75) is 6.92 Å². The highest BCUT2D eigenvalue weighted by Gasteiger charge is 2.29. The molecule has 2 atom stereocenters. The van der Waals surface area contributed by atoms with Crippen molar-refractivity contribution in [1.82, 2.24) is 10.3 Å².